The molecule has 1 aliphatic rings. The Morgan fingerprint density at radius 1 is 0.280 bits per heavy atom. The molecule has 1 aliphatic heterocycles. The van der Waals surface area contributed by atoms with E-state index in [1.807, 2.05) is 0 Å². The molecule has 2 nitrogen and oxygen atoms in total. The van der Waals surface area contributed by atoms with Gasteiger partial charge in [-0.15, -0.1) is 0 Å². The van der Waals surface area contributed by atoms with Crippen LogP contribution in [0.1, 0.15) is 358 Å². The van der Waals surface area contributed by atoms with Gasteiger partial charge in [-0.2, -0.15) is 0 Å². The third-order valence-corrected chi connectivity index (χ3v) is 16.5. The predicted molar refractivity (Wildman–Crippen MR) is 335 cm³/mol. The molecular weight excluding hydrogens is 999 g/mol. The van der Waals surface area contributed by atoms with Crippen LogP contribution in [0.2, 0.25) is 0 Å². The number of hydrogen-bond donors (Lipinski definition) is 0. The first kappa shape index (κ1) is 73.2. The van der Waals surface area contributed by atoms with Gasteiger partial charge in [-0.25, -0.2) is 4.70 Å². The summed E-state index contributed by atoms with van der Waals surface area (Å²) in [6.07, 6.45) is 68.0. The van der Waals surface area contributed by atoms with Crippen molar-refractivity contribution in [2.24, 2.45) is 0 Å². The van der Waals surface area contributed by atoms with Gasteiger partial charge in [0.1, 0.15) is 0 Å². The molecule has 0 N–H and O–H groups in total. The van der Waals surface area contributed by atoms with Crippen LogP contribution in [0.4, 0.5) is 0 Å². The molecule has 1 heterocycles. The summed E-state index contributed by atoms with van der Waals surface area (Å²) in [7, 11) is 0. The average Bonchev–Trinajstić information content (AvgIpc) is 3.67. The predicted octanol–water partition coefficient (Wildman–Crippen LogP) is 25.6. The minimum Gasteiger partial charge on any atom is -0.493 e. The third-order valence-electron chi connectivity index (χ3n) is 16.5. The normalized spacial score (nSPS) is 12.4. The molecule has 0 spiro atoms. The summed E-state index contributed by atoms with van der Waals surface area (Å²) in [5.41, 5.74) is 22.8. The van der Waals surface area contributed by atoms with Gasteiger partial charge in [0.25, 0.3) is 0 Å². The molecule has 0 saturated carbocycles. The first-order valence-corrected chi connectivity index (χ1v) is 32.8. The van der Waals surface area contributed by atoms with Crippen LogP contribution in [0.5, 0.6) is 0 Å². The fourth-order valence-corrected chi connectivity index (χ4v) is 11.8. The van der Waals surface area contributed by atoms with E-state index in [0.717, 1.165) is 37.1 Å². The van der Waals surface area contributed by atoms with Gasteiger partial charge in [-0.05, 0) is 86.8 Å². The van der Waals surface area contributed by atoms with Gasteiger partial charge in [0.05, 0.1) is 0 Å². The van der Waals surface area contributed by atoms with E-state index in [0.29, 0.717) is 0 Å². The number of allylic oxidation sites excluding steroid dienone is 2. The molecule has 2 aromatic rings. The SMILES string of the molecule is CCCCCCCCCCCCCCCCCCCCc1cccc(C2=C(CCCCCC)C(CCCCCCCC)=C(c3cccc(CCCCCCCCCCCCCCCCCCCC)c3)[N+]2=[N-])c1.[CH3-].[CH3-].[Pd+2]. The first-order valence-electron chi connectivity index (χ1n) is 32.8. The van der Waals surface area contributed by atoms with Crippen molar-refractivity contribution in [2.45, 2.75) is 349 Å². The van der Waals surface area contributed by atoms with Gasteiger partial charge >= 0.3 is 20.4 Å². The van der Waals surface area contributed by atoms with Gasteiger partial charge in [0.15, 0.2) is 0 Å². The maximum absolute atomic E-state index is 12.5. The van der Waals surface area contributed by atoms with Crippen molar-refractivity contribution in [2.75, 3.05) is 0 Å². The second kappa shape index (κ2) is 52.9. The molecule has 3 heteroatoms. The van der Waals surface area contributed by atoms with Crippen LogP contribution in [-0.2, 0) is 33.3 Å². The van der Waals surface area contributed by atoms with Gasteiger partial charge in [0, 0.05) is 22.3 Å². The topological polar surface area (TPSA) is 25.3 Å². The Morgan fingerprint density at radius 2 is 0.480 bits per heavy atom. The Bertz CT molecular complexity index is 1650. The molecule has 75 heavy (non-hydrogen) atoms. The van der Waals surface area contributed by atoms with Crippen molar-refractivity contribution in [1.29, 1.82) is 0 Å². The monoisotopic (exact) mass is 1120 g/mol. The summed E-state index contributed by atoms with van der Waals surface area (Å²) in [6, 6.07) is 18.6. The summed E-state index contributed by atoms with van der Waals surface area (Å²) in [5, 5.41) is 0. The molecule has 0 fully saturated rings. The van der Waals surface area contributed by atoms with E-state index in [-0.39, 0.29) is 35.3 Å². The zero-order valence-electron chi connectivity index (χ0n) is 51.2. The van der Waals surface area contributed by atoms with Crippen LogP contribution < -0.4 is 0 Å². The van der Waals surface area contributed by atoms with Crippen LogP contribution in [0.25, 0.3) is 16.9 Å². The molecule has 0 bridgehead atoms. The van der Waals surface area contributed by atoms with E-state index in [2.05, 4.69) is 76.2 Å². The van der Waals surface area contributed by atoms with Crippen molar-refractivity contribution in [3.8, 4) is 0 Å². The largest absolute Gasteiger partial charge is 2.00 e. The van der Waals surface area contributed by atoms with Crippen molar-refractivity contribution in [1.82, 2.24) is 0 Å². The summed E-state index contributed by atoms with van der Waals surface area (Å²) in [4.78, 5) is 0. The van der Waals surface area contributed by atoms with E-state index < -0.39 is 0 Å². The second-order valence-corrected chi connectivity index (χ2v) is 23.2. The molecule has 0 radical (unpaired) electrons. The number of hydrogen-bond acceptors (Lipinski definition) is 0. The van der Waals surface area contributed by atoms with Crippen LogP contribution >= 0.6 is 0 Å². The molecule has 0 atom stereocenters. The fraction of sp³-hybridized carbons (Fsp3) is 0.750. The minimum absolute atomic E-state index is 0. The zero-order valence-corrected chi connectivity index (χ0v) is 52.7. The smallest absolute Gasteiger partial charge is 0.493 e. The van der Waals surface area contributed by atoms with Crippen LogP contribution in [0.3, 0.4) is 0 Å². The summed E-state index contributed by atoms with van der Waals surface area (Å²) in [6.45, 7) is 9.25. The average molecular weight is 1130 g/mol. The van der Waals surface area contributed by atoms with Gasteiger partial charge in [-0.3, -0.25) is 0 Å². The molecular formula is C72H126N2Pd. The molecule has 0 unspecified atom stereocenters. The molecule has 0 amide bonds. The maximum atomic E-state index is 12.5. The van der Waals surface area contributed by atoms with E-state index in [1.54, 1.807) is 4.70 Å². The maximum Gasteiger partial charge on any atom is 2.00 e. The number of nitrogens with zero attached hydrogens (tertiary/aromatic N) is 2. The molecule has 0 aromatic heterocycles. The van der Waals surface area contributed by atoms with Crippen LogP contribution in [0.15, 0.2) is 59.7 Å². The number of rotatable bonds is 52. The fourth-order valence-electron chi connectivity index (χ4n) is 11.8. The van der Waals surface area contributed by atoms with Gasteiger partial charge < -0.3 is 20.4 Å². The Kier molecular flexibility index (Phi) is 51.6. The van der Waals surface area contributed by atoms with Crippen LogP contribution in [0, 0.1) is 14.9 Å². The molecule has 0 saturated heterocycles. The Labute approximate surface area is 484 Å². The summed E-state index contributed by atoms with van der Waals surface area (Å²) < 4.78 is 1.66. The van der Waals surface area contributed by atoms with Crippen molar-refractivity contribution < 1.29 is 25.1 Å². The summed E-state index contributed by atoms with van der Waals surface area (Å²) >= 11 is 0. The van der Waals surface area contributed by atoms with E-state index in [1.165, 1.54) is 329 Å². The van der Waals surface area contributed by atoms with Gasteiger partial charge in [0.2, 0.25) is 11.4 Å². The second-order valence-electron chi connectivity index (χ2n) is 23.2. The Balaban J connectivity index is 0.0000183. The first-order chi connectivity index (χ1) is 35.6. The van der Waals surface area contributed by atoms with E-state index in [9.17, 15) is 5.53 Å². The molecule has 2 aromatic carbocycles. The van der Waals surface area contributed by atoms with Crippen molar-refractivity contribution >= 4 is 11.4 Å². The third kappa shape index (κ3) is 35.4. The minimum atomic E-state index is 0. The molecule has 3 rings (SSSR count). The molecule has 434 valence electrons. The number of benzene rings is 2. The molecule has 0 aliphatic carbocycles. The Hall–Kier alpha value is -1.82. The quantitative estimate of drug-likeness (QED) is 0.0273. The van der Waals surface area contributed by atoms with E-state index >= 15 is 0 Å². The van der Waals surface area contributed by atoms with Gasteiger partial charge in [-0.1, -0.05) is 322 Å². The van der Waals surface area contributed by atoms with Crippen LogP contribution in [-0.4, -0.2) is 4.70 Å². The van der Waals surface area contributed by atoms with Crippen molar-refractivity contribution in [3.05, 3.63) is 102 Å². The summed E-state index contributed by atoms with van der Waals surface area (Å²) in [5.74, 6) is 0. The Morgan fingerprint density at radius 3 is 0.720 bits per heavy atom. The van der Waals surface area contributed by atoms with Crippen molar-refractivity contribution in [3.63, 3.8) is 0 Å². The number of unbranched alkanes of at least 4 members (excludes halogenated alkanes) is 42. The standard InChI is InChI=1S/C70H120N2.2CH3.Pd/c1-5-9-13-17-20-22-24-26-28-30-32-34-36-38-40-42-44-47-53-63-55-51-57-65(61-63)69-67(59-49-16-12-8-4)68(60-50-46-19-15-11-7-3)70(72(69)71)66-58-52-56-64(62-66)54-48-45-43-41-39-37-35-33-31-29-27-25-23-21-18-14-10-6-2;;;/h51-52,55-58,61-62H,5-50,53-54,59-60H2,1-4H3;2*1H3;/q;2*-1;+2. The van der Waals surface area contributed by atoms with E-state index in [4.69, 9.17) is 0 Å². The zero-order chi connectivity index (χ0) is 51.2. The number of aryl methyl sites for hydroxylation is 2.